The summed E-state index contributed by atoms with van der Waals surface area (Å²) in [6.45, 7) is 2.13. The minimum Gasteiger partial charge on any atom is -0.498 e. The average Bonchev–Trinajstić information content (AvgIpc) is 2.46. The molecule has 0 saturated heterocycles. The molecule has 0 amide bonds. The molecule has 1 aromatic heterocycles. The molecule has 0 aliphatic rings. The largest absolute Gasteiger partial charge is 0.708 e. The lowest BCUT2D eigenvalue weighted by Gasteiger charge is -2.10. The van der Waals surface area contributed by atoms with Gasteiger partial charge in [-0.05, 0) is 36.2 Å². The maximum absolute atomic E-state index is 8.83. The molecule has 0 bridgehead atoms. The van der Waals surface area contributed by atoms with Crippen molar-refractivity contribution < 1.29 is 20.9 Å². The van der Waals surface area contributed by atoms with E-state index in [0.29, 0.717) is 12.4 Å². The Labute approximate surface area is 125 Å². The van der Waals surface area contributed by atoms with Crippen molar-refractivity contribution in [3.63, 3.8) is 0 Å². The lowest BCUT2D eigenvalue weighted by molar-refractivity contribution is 0.283. The molecule has 0 saturated carbocycles. The van der Waals surface area contributed by atoms with Crippen LogP contribution >= 0.6 is 0 Å². The Bertz CT molecular complexity index is 625. The summed E-state index contributed by atoms with van der Waals surface area (Å²) >= 11 is 0. The third-order valence-corrected chi connectivity index (χ3v) is 2.74. The van der Waals surface area contributed by atoms with Gasteiger partial charge in [0.2, 0.25) is 5.88 Å². The zero-order chi connectivity index (χ0) is 16.1. The minimum atomic E-state index is -1.94. The molecule has 0 unspecified atom stereocenters. The highest BCUT2D eigenvalue weighted by Crippen LogP contribution is 2.17. The molecule has 0 fully saturated rings. The summed E-state index contributed by atoms with van der Waals surface area (Å²) in [6, 6.07) is 10.7. The highest BCUT2D eigenvalue weighted by molar-refractivity contribution is 6.33. The number of aromatic nitrogens is 1. The quantitative estimate of drug-likeness (QED) is 0.696. The van der Waals surface area contributed by atoms with Crippen LogP contribution < -0.4 is 14.7 Å². The van der Waals surface area contributed by atoms with Crippen LogP contribution in [0.25, 0.3) is 0 Å². The van der Waals surface area contributed by atoms with Crippen molar-refractivity contribution in [3.05, 3.63) is 47.5 Å². The molecule has 0 spiro atoms. The van der Waals surface area contributed by atoms with Gasteiger partial charge in [0.15, 0.2) is 1.41 Å². The minimum absolute atomic E-state index is 0.0528. The fourth-order valence-electron chi connectivity index (χ4n) is 1.77. The number of hydrogen-bond donors (Lipinski definition) is 3. The summed E-state index contributed by atoms with van der Waals surface area (Å²) in [4.78, 5) is 4.08. The number of ether oxygens (including phenoxy) is 1. The van der Waals surface area contributed by atoms with Crippen LogP contribution in [0.1, 0.15) is 11.1 Å². The Balaban J connectivity index is 2.13. The topological polar surface area (TPSA) is 83.8 Å². The summed E-state index contributed by atoms with van der Waals surface area (Å²) in [5.74, 6) is 1.16. The standard InChI is InChI=1S/C14H17BN2O4/c1-10-7-13(17-14(8-10)21-15(18)19)16-9-11-3-5-12(20-2)6-4-11/h3-8,18-19H,9H2,1-2H3,(H,16,17)/i/hD. The molecule has 0 aliphatic carbocycles. The Morgan fingerprint density at radius 1 is 1.29 bits per heavy atom. The van der Waals surface area contributed by atoms with Crippen LogP contribution in [0.2, 0.25) is 1.41 Å². The first-order valence-electron chi connectivity index (χ1n) is 6.83. The van der Waals surface area contributed by atoms with E-state index in [1.54, 1.807) is 19.2 Å². The summed E-state index contributed by atoms with van der Waals surface area (Å²) in [5, 5.41) is 18.9. The first kappa shape index (κ1) is 13.7. The number of rotatable bonds is 6. The number of benzene rings is 1. The summed E-state index contributed by atoms with van der Waals surface area (Å²) in [7, 11) is -0.345. The smallest absolute Gasteiger partial charge is 0.498 e. The predicted octanol–water partition coefficient (Wildman–Crippen LogP) is 1.36. The van der Waals surface area contributed by atoms with Crippen LogP contribution in [0.3, 0.4) is 0 Å². The monoisotopic (exact) mass is 289 g/mol. The van der Waals surface area contributed by atoms with Crippen molar-refractivity contribution in [2.75, 3.05) is 12.4 Å². The number of nitrogens with zero attached hydrogens (tertiary/aromatic N) is 1. The van der Waals surface area contributed by atoms with E-state index in [1.807, 2.05) is 31.2 Å². The zero-order valence-electron chi connectivity index (χ0n) is 12.9. The highest BCUT2D eigenvalue weighted by atomic mass is 16.6. The third kappa shape index (κ3) is 4.66. The van der Waals surface area contributed by atoms with E-state index >= 15 is 0 Å². The zero-order valence-corrected chi connectivity index (χ0v) is 11.9. The molecule has 3 N–H and O–H groups in total. The number of aryl methyl sites for hydroxylation is 1. The van der Waals surface area contributed by atoms with Gasteiger partial charge in [0.25, 0.3) is 0 Å². The molecule has 21 heavy (non-hydrogen) atoms. The summed E-state index contributed by atoms with van der Waals surface area (Å²) in [5.41, 5.74) is 1.72. The molecule has 2 aromatic rings. The third-order valence-electron chi connectivity index (χ3n) is 2.74. The van der Waals surface area contributed by atoms with Gasteiger partial charge < -0.3 is 24.7 Å². The number of hydrogen-bond acceptors (Lipinski definition) is 6. The van der Waals surface area contributed by atoms with Gasteiger partial charge in [0.1, 0.15) is 11.6 Å². The van der Waals surface area contributed by atoms with Crippen LogP contribution in [0.5, 0.6) is 11.6 Å². The van der Waals surface area contributed by atoms with E-state index in [-0.39, 0.29) is 5.88 Å². The van der Waals surface area contributed by atoms with Crippen molar-refractivity contribution in [1.82, 2.24) is 4.98 Å². The fraction of sp³-hybridized carbons (Fsp3) is 0.214. The Hall–Kier alpha value is -2.25. The predicted molar refractivity (Wildman–Crippen MR) is 80.1 cm³/mol. The van der Waals surface area contributed by atoms with Crippen molar-refractivity contribution in [3.8, 4) is 11.6 Å². The molecule has 1 heterocycles. The lowest BCUT2D eigenvalue weighted by Crippen LogP contribution is -2.21. The van der Waals surface area contributed by atoms with Crippen molar-refractivity contribution in [1.29, 1.82) is 0 Å². The van der Waals surface area contributed by atoms with Gasteiger partial charge in [-0.1, -0.05) is 12.1 Å². The highest BCUT2D eigenvalue weighted by Gasteiger charge is 2.13. The van der Waals surface area contributed by atoms with E-state index in [4.69, 9.17) is 20.9 Å². The molecule has 1 aromatic carbocycles. The van der Waals surface area contributed by atoms with Gasteiger partial charge >= 0.3 is 7.32 Å². The number of methoxy groups -OCH3 is 1. The average molecular weight is 289 g/mol. The van der Waals surface area contributed by atoms with Gasteiger partial charge in [0, 0.05) is 12.6 Å². The van der Waals surface area contributed by atoms with Gasteiger partial charge in [-0.15, -0.1) is 0 Å². The number of pyridine rings is 1. The van der Waals surface area contributed by atoms with Gasteiger partial charge in [-0.25, -0.2) is 0 Å². The molecular weight excluding hydrogens is 271 g/mol. The molecule has 0 atom stereocenters. The maximum Gasteiger partial charge on any atom is 0.708 e. The first-order chi connectivity index (χ1) is 10.5. The fourth-order valence-corrected chi connectivity index (χ4v) is 1.77. The van der Waals surface area contributed by atoms with Gasteiger partial charge in [-0.2, -0.15) is 4.98 Å². The number of anilines is 1. The van der Waals surface area contributed by atoms with Gasteiger partial charge in [-0.3, -0.25) is 0 Å². The van der Waals surface area contributed by atoms with Crippen molar-refractivity contribution >= 4 is 13.1 Å². The molecule has 6 nitrogen and oxygen atoms in total. The Morgan fingerprint density at radius 3 is 2.62 bits per heavy atom. The van der Waals surface area contributed by atoms with Crippen LogP contribution in [0.4, 0.5) is 5.82 Å². The summed E-state index contributed by atoms with van der Waals surface area (Å²) < 4.78 is 17.9. The SMILES string of the molecule is [2H]N(Cc1ccc(OC)cc1)c1cc(C)cc(OB(O)O)n1. The van der Waals surface area contributed by atoms with Crippen molar-refractivity contribution in [2.24, 2.45) is 0 Å². The Kier molecular flexibility index (Phi) is 4.55. The second-order valence-corrected chi connectivity index (χ2v) is 4.45. The lowest BCUT2D eigenvalue weighted by atomic mass is 10.2. The van der Waals surface area contributed by atoms with E-state index in [1.165, 1.54) is 5.31 Å². The second kappa shape index (κ2) is 6.96. The molecule has 0 radical (unpaired) electrons. The van der Waals surface area contributed by atoms with Crippen LogP contribution in [0.15, 0.2) is 36.4 Å². The molecule has 110 valence electrons. The second-order valence-electron chi connectivity index (χ2n) is 4.45. The van der Waals surface area contributed by atoms with Crippen LogP contribution in [-0.2, 0) is 6.54 Å². The van der Waals surface area contributed by atoms with Gasteiger partial charge in [0.05, 0.1) is 7.11 Å². The maximum atomic E-state index is 8.83. The molecular formula is C14H17BN2O4. The van der Waals surface area contributed by atoms with Crippen LogP contribution in [-0.4, -0.2) is 29.5 Å². The normalized spacial score (nSPS) is 10.8. The van der Waals surface area contributed by atoms with Crippen LogP contribution in [0, 0.1) is 6.92 Å². The van der Waals surface area contributed by atoms with E-state index in [2.05, 4.69) is 4.98 Å². The number of nitrogens with one attached hydrogen (secondary N) is 1. The molecule has 7 heteroatoms. The molecule has 2 rings (SSSR count). The Morgan fingerprint density at radius 2 is 2.00 bits per heavy atom. The van der Waals surface area contributed by atoms with E-state index < -0.39 is 7.32 Å². The van der Waals surface area contributed by atoms with E-state index in [0.717, 1.165) is 16.9 Å². The molecule has 0 aliphatic heterocycles. The van der Waals surface area contributed by atoms with Crippen molar-refractivity contribution in [2.45, 2.75) is 13.5 Å². The first-order valence-corrected chi connectivity index (χ1v) is 6.39. The van der Waals surface area contributed by atoms with E-state index in [9.17, 15) is 0 Å². The summed E-state index contributed by atoms with van der Waals surface area (Å²) in [6.07, 6.45) is 0.